The monoisotopic (exact) mass is 429 g/mol. The summed E-state index contributed by atoms with van der Waals surface area (Å²) in [4.78, 5) is 23.9. The first kappa shape index (κ1) is 20.4. The molecule has 4 N–H and O–H groups in total. The highest BCUT2D eigenvalue weighted by Crippen LogP contribution is 2.21. The minimum absolute atomic E-state index is 0.0927. The Kier molecular flexibility index (Phi) is 5.86. The average molecular weight is 430 g/mol. The second kappa shape index (κ2) is 8.34. The van der Waals surface area contributed by atoms with E-state index in [9.17, 15) is 18.0 Å². The molecule has 0 aliphatic carbocycles. The van der Waals surface area contributed by atoms with E-state index in [1.165, 1.54) is 54.6 Å². The van der Waals surface area contributed by atoms with E-state index in [0.717, 1.165) is 0 Å². The Morgan fingerprint density at radius 3 is 2.10 bits per heavy atom. The zero-order chi connectivity index (χ0) is 21.0. The SMILES string of the molecule is NC(=O)c1cc(NC(=O)c2ccc(NS(=O)(=O)c3ccccc3)cc2)ccc1Cl. The topological polar surface area (TPSA) is 118 Å². The quantitative estimate of drug-likeness (QED) is 0.555. The molecule has 0 aromatic heterocycles. The highest BCUT2D eigenvalue weighted by atomic mass is 35.5. The molecule has 148 valence electrons. The van der Waals surface area contributed by atoms with Crippen LogP contribution in [0.4, 0.5) is 11.4 Å². The van der Waals surface area contributed by atoms with E-state index >= 15 is 0 Å². The molecule has 0 radical (unpaired) electrons. The molecule has 2 amide bonds. The van der Waals surface area contributed by atoms with Crippen molar-refractivity contribution < 1.29 is 18.0 Å². The number of halogens is 1. The first-order valence-corrected chi connectivity index (χ1v) is 10.2. The van der Waals surface area contributed by atoms with E-state index in [4.69, 9.17) is 17.3 Å². The van der Waals surface area contributed by atoms with Crippen LogP contribution in [0, 0.1) is 0 Å². The number of carbonyl (C=O) groups excluding carboxylic acids is 2. The molecule has 0 bridgehead atoms. The summed E-state index contributed by atoms with van der Waals surface area (Å²) < 4.78 is 27.1. The maximum atomic E-state index is 12.4. The largest absolute Gasteiger partial charge is 0.366 e. The molecule has 0 aliphatic rings. The highest BCUT2D eigenvalue weighted by Gasteiger charge is 2.14. The molecule has 0 unspecified atom stereocenters. The van der Waals surface area contributed by atoms with Crippen LogP contribution in [0.15, 0.2) is 77.7 Å². The molecule has 3 aromatic carbocycles. The Labute approximate surface area is 172 Å². The molecule has 3 rings (SSSR count). The molecule has 0 saturated heterocycles. The van der Waals surface area contributed by atoms with Gasteiger partial charge in [-0.2, -0.15) is 0 Å². The summed E-state index contributed by atoms with van der Waals surface area (Å²) in [6.45, 7) is 0. The maximum absolute atomic E-state index is 12.4. The molecule has 0 atom stereocenters. The third-order valence-electron chi connectivity index (χ3n) is 3.94. The van der Waals surface area contributed by atoms with Gasteiger partial charge in [-0.1, -0.05) is 29.8 Å². The third-order valence-corrected chi connectivity index (χ3v) is 5.67. The van der Waals surface area contributed by atoms with Crippen LogP contribution in [-0.4, -0.2) is 20.2 Å². The summed E-state index contributed by atoms with van der Waals surface area (Å²) in [5.41, 5.74) is 6.29. The van der Waals surface area contributed by atoms with Crippen LogP contribution >= 0.6 is 11.6 Å². The van der Waals surface area contributed by atoms with Crippen molar-refractivity contribution in [1.82, 2.24) is 0 Å². The van der Waals surface area contributed by atoms with Crippen molar-refractivity contribution in [2.24, 2.45) is 5.73 Å². The Bertz CT molecular complexity index is 1160. The average Bonchev–Trinajstić information content (AvgIpc) is 2.70. The molecule has 0 fully saturated rings. The first-order valence-electron chi connectivity index (χ1n) is 8.35. The van der Waals surface area contributed by atoms with Gasteiger partial charge in [0.1, 0.15) is 0 Å². The molecule has 29 heavy (non-hydrogen) atoms. The van der Waals surface area contributed by atoms with E-state index < -0.39 is 21.8 Å². The van der Waals surface area contributed by atoms with E-state index in [2.05, 4.69) is 10.0 Å². The molecule has 0 heterocycles. The summed E-state index contributed by atoms with van der Waals surface area (Å²) in [5.74, 6) is -1.15. The summed E-state index contributed by atoms with van der Waals surface area (Å²) in [6.07, 6.45) is 0. The van der Waals surface area contributed by atoms with Crippen LogP contribution in [0.5, 0.6) is 0 Å². The Morgan fingerprint density at radius 1 is 0.862 bits per heavy atom. The van der Waals surface area contributed by atoms with Gasteiger partial charge in [0.15, 0.2) is 0 Å². The lowest BCUT2D eigenvalue weighted by atomic mass is 10.1. The zero-order valence-electron chi connectivity index (χ0n) is 14.9. The van der Waals surface area contributed by atoms with Crippen LogP contribution in [0.2, 0.25) is 5.02 Å². The number of hydrogen-bond acceptors (Lipinski definition) is 4. The standard InChI is InChI=1S/C20H16ClN3O4S/c21-18-11-10-15(12-17(18)19(22)25)23-20(26)13-6-8-14(9-7-13)24-29(27,28)16-4-2-1-3-5-16/h1-12,24H,(H2,22,25)(H,23,26). The molecule has 7 nitrogen and oxygen atoms in total. The fraction of sp³-hybridized carbons (Fsp3) is 0. The number of primary amides is 1. The lowest BCUT2D eigenvalue weighted by Gasteiger charge is -2.10. The smallest absolute Gasteiger partial charge is 0.261 e. The van der Waals surface area contributed by atoms with E-state index in [1.807, 2.05) is 0 Å². The van der Waals surface area contributed by atoms with Crippen molar-refractivity contribution >= 4 is 44.8 Å². The number of rotatable bonds is 6. The molecule has 3 aromatic rings. The van der Waals surface area contributed by atoms with E-state index in [1.54, 1.807) is 18.2 Å². The number of nitrogens with one attached hydrogen (secondary N) is 2. The van der Waals surface area contributed by atoms with Crippen molar-refractivity contribution in [3.63, 3.8) is 0 Å². The minimum atomic E-state index is -3.72. The number of benzene rings is 3. The Morgan fingerprint density at radius 2 is 1.48 bits per heavy atom. The second-order valence-electron chi connectivity index (χ2n) is 6.01. The van der Waals surface area contributed by atoms with Crippen molar-refractivity contribution in [3.05, 3.63) is 88.9 Å². The minimum Gasteiger partial charge on any atom is -0.366 e. The number of hydrogen-bond donors (Lipinski definition) is 3. The predicted molar refractivity (Wildman–Crippen MR) is 112 cm³/mol. The van der Waals surface area contributed by atoms with Crippen LogP contribution in [0.1, 0.15) is 20.7 Å². The van der Waals surface area contributed by atoms with Crippen LogP contribution < -0.4 is 15.8 Å². The first-order chi connectivity index (χ1) is 13.8. The second-order valence-corrected chi connectivity index (χ2v) is 8.10. The maximum Gasteiger partial charge on any atom is 0.261 e. The van der Waals surface area contributed by atoms with Gasteiger partial charge in [-0.15, -0.1) is 0 Å². The molecular weight excluding hydrogens is 414 g/mol. The predicted octanol–water partition coefficient (Wildman–Crippen LogP) is 3.49. The lowest BCUT2D eigenvalue weighted by Crippen LogP contribution is -2.15. The van der Waals surface area contributed by atoms with Gasteiger partial charge >= 0.3 is 0 Å². The van der Waals surface area contributed by atoms with Gasteiger partial charge in [-0.05, 0) is 54.6 Å². The number of sulfonamides is 1. The van der Waals surface area contributed by atoms with Gasteiger partial charge in [-0.25, -0.2) is 8.42 Å². The van der Waals surface area contributed by atoms with Crippen LogP contribution in [0.25, 0.3) is 0 Å². The van der Waals surface area contributed by atoms with Gasteiger partial charge in [0.05, 0.1) is 15.5 Å². The molecule has 9 heteroatoms. The Hall–Kier alpha value is -3.36. The van der Waals surface area contributed by atoms with Gasteiger partial charge in [0.2, 0.25) is 5.91 Å². The number of carbonyl (C=O) groups is 2. The summed E-state index contributed by atoms with van der Waals surface area (Å²) >= 11 is 5.89. The summed E-state index contributed by atoms with van der Waals surface area (Å²) in [7, 11) is -3.72. The van der Waals surface area contributed by atoms with E-state index in [-0.39, 0.29) is 15.5 Å². The zero-order valence-corrected chi connectivity index (χ0v) is 16.5. The van der Waals surface area contributed by atoms with Gasteiger partial charge in [-0.3, -0.25) is 14.3 Å². The van der Waals surface area contributed by atoms with Crippen molar-refractivity contribution in [3.8, 4) is 0 Å². The van der Waals surface area contributed by atoms with Crippen LogP contribution in [-0.2, 0) is 10.0 Å². The van der Waals surface area contributed by atoms with Gasteiger partial charge < -0.3 is 11.1 Å². The van der Waals surface area contributed by atoms with Gasteiger partial charge in [0.25, 0.3) is 15.9 Å². The molecule has 0 spiro atoms. The molecule has 0 aliphatic heterocycles. The Balaban J connectivity index is 1.72. The van der Waals surface area contributed by atoms with Gasteiger partial charge in [0, 0.05) is 16.9 Å². The summed E-state index contributed by atoms with van der Waals surface area (Å²) in [6, 6.07) is 18.2. The van der Waals surface area contributed by atoms with Crippen LogP contribution in [0.3, 0.4) is 0 Å². The molecule has 0 saturated carbocycles. The summed E-state index contributed by atoms with van der Waals surface area (Å²) in [5, 5.41) is 2.82. The van der Waals surface area contributed by atoms with E-state index in [0.29, 0.717) is 16.9 Å². The van der Waals surface area contributed by atoms with Crippen molar-refractivity contribution in [1.29, 1.82) is 0 Å². The highest BCUT2D eigenvalue weighted by molar-refractivity contribution is 7.92. The number of amides is 2. The third kappa shape index (κ3) is 4.92. The van der Waals surface area contributed by atoms with Crippen molar-refractivity contribution in [2.75, 3.05) is 10.0 Å². The number of nitrogens with two attached hydrogens (primary N) is 1. The van der Waals surface area contributed by atoms with Crippen molar-refractivity contribution in [2.45, 2.75) is 4.90 Å². The number of anilines is 2. The lowest BCUT2D eigenvalue weighted by molar-refractivity contribution is 0.0996. The normalized spacial score (nSPS) is 10.9. The fourth-order valence-electron chi connectivity index (χ4n) is 2.50. The fourth-order valence-corrected chi connectivity index (χ4v) is 3.79. The molecular formula is C20H16ClN3O4S.